The predicted molar refractivity (Wildman–Crippen MR) is 86.7 cm³/mol. The number of aromatic nitrogens is 2. The van der Waals surface area contributed by atoms with Crippen LogP contribution >= 0.6 is 11.6 Å². The summed E-state index contributed by atoms with van der Waals surface area (Å²) in [6, 6.07) is 12.4. The molecule has 3 aromatic rings. The highest BCUT2D eigenvalue weighted by Gasteiger charge is 2.09. The van der Waals surface area contributed by atoms with E-state index in [4.69, 9.17) is 22.2 Å². The minimum atomic E-state index is -0.295. The van der Waals surface area contributed by atoms with E-state index in [9.17, 15) is 4.79 Å². The molecule has 5 nitrogen and oxygen atoms in total. The first-order valence-corrected chi connectivity index (χ1v) is 7.09. The van der Waals surface area contributed by atoms with Crippen molar-refractivity contribution in [2.24, 2.45) is 0 Å². The quantitative estimate of drug-likeness (QED) is 0.754. The maximum atomic E-state index is 12.2. The van der Waals surface area contributed by atoms with Crippen LogP contribution in [0.25, 0.3) is 10.9 Å². The lowest BCUT2D eigenvalue weighted by atomic mass is 10.2. The lowest BCUT2D eigenvalue weighted by Crippen LogP contribution is -2.32. The van der Waals surface area contributed by atoms with Gasteiger partial charge in [0.15, 0.2) is 5.82 Å². The fraction of sp³-hybridized carbons (Fsp3) is 0.125. The first-order valence-electron chi connectivity index (χ1n) is 6.71. The van der Waals surface area contributed by atoms with Crippen molar-refractivity contribution in [3.63, 3.8) is 0 Å². The summed E-state index contributed by atoms with van der Waals surface area (Å²) in [5.41, 5.74) is 1.22. The Balaban J connectivity index is 1.92. The summed E-state index contributed by atoms with van der Waals surface area (Å²) in [4.78, 5) is 16.6. The summed E-state index contributed by atoms with van der Waals surface area (Å²) >= 11 is 5.98. The van der Waals surface area contributed by atoms with Crippen LogP contribution in [0.4, 0.5) is 0 Å². The average Bonchev–Trinajstić information content (AvgIpc) is 2.53. The van der Waals surface area contributed by atoms with E-state index in [1.54, 1.807) is 30.3 Å². The van der Waals surface area contributed by atoms with Crippen molar-refractivity contribution in [1.82, 2.24) is 9.66 Å². The van der Waals surface area contributed by atoms with Crippen LogP contribution in [-0.2, 0) is 6.61 Å². The highest BCUT2D eigenvalue weighted by molar-refractivity contribution is 6.31. The van der Waals surface area contributed by atoms with Crippen molar-refractivity contribution >= 4 is 22.5 Å². The second-order valence-corrected chi connectivity index (χ2v) is 5.33. The molecule has 1 heterocycles. The molecule has 0 amide bonds. The molecule has 0 bridgehead atoms. The molecule has 112 valence electrons. The number of para-hydroxylation sites is 1. The largest absolute Gasteiger partial charge is 0.486 e. The molecule has 2 N–H and O–H groups in total. The van der Waals surface area contributed by atoms with Crippen LogP contribution in [0.1, 0.15) is 11.4 Å². The zero-order valence-corrected chi connectivity index (χ0v) is 12.7. The normalized spacial score (nSPS) is 10.8. The number of nitrogens with two attached hydrogens (primary N) is 1. The molecule has 0 aliphatic carbocycles. The Bertz CT molecular complexity index is 906. The van der Waals surface area contributed by atoms with E-state index in [0.717, 1.165) is 10.2 Å². The lowest BCUT2D eigenvalue weighted by Gasteiger charge is -2.11. The summed E-state index contributed by atoms with van der Waals surface area (Å²) in [5, 5.41) is 1.16. The zero-order valence-electron chi connectivity index (χ0n) is 11.9. The molecule has 0 saturated heterocycles. The van der Waals surface area contributed by atoms with Gasteiger partial charge in [-0.25, -0.2) is 9.66 Å². The van der Waals surface area contributed by atoms with Gasteiger partial charge in [-0.2, -0.15) is 0 Å². The van der Waals surface area contributed by atoms with E-state index in [1.165, 1.54) is 0 Å². The molecule has 0 aliphatic rings. The maximum Gasteiger partial charge on any atom is 0.279 e. The number of fused-ring (bicyclic) bond motifs is 1. The first kappa shape index (κ1) is 14.4. The average molecular weight is 316 g/mol. The molecule has 0 fully saturated rings. The van der Waals surface area contributed by atoms with Gasteiger partial charge in [0.25, 0.3) is 5.56 Å². The summed E-state index contributed by atoms with van der Waals surface area (Å²) in [5.74, 6) is 6.81. The molecule has 6 heteroatoms. The molecule has 1 aromatic heterocycles. The third-order valence-corrected chi connectivity index (χ3v) is 3.80. The van der Waals surface area contributed by atoms with Gasteiger partial charge in [-0.3, -0.25) is 4.79 Å². The molecule has 0 saturated carbocycles. The Kier molecular flexibility index (Phi) is 3.73. The molecular weight excluding hydrogens is 302 g/mol. The van der Waals surface area contributed by atoms with Gasteiger partial charge in [0, 0.05) is 5.02 Å². The van der Waals surface area contributed by atoms with Crippen LogP contribution in [0, 0.1) is 6.92 Å². The minimum Gasteiger partial charge on any atom is -0.486 e. The van der Waals surface area contributed by atoms with E-state index < -0.39 is 0 Å². The second kappa shape index (κ2) is 5.69. The summed E-state index contributed by atoms with van der Waals surface area (Å²) in [7, 11) is 0. The number of nitrogens with zero attached hydrogens (tertiary/aromatic N) is 2. The van der Waals surface area contributed by atoms with Crippen LogP contribution in [0.2, 0.25) is 5.02 Å². The molecule has 0 aliphatic heterocycles. The number of hydrogen-bond donors (Lipinski definition) is 1. The van der Waals surface area contributed by atoms with Crippen molar-refractivity contribution in [2.75, 3.05) is 5.84 Å². The lowest BCUT2D eigenvalue weighted by molar-refractivity contribution is 0.291. The second-order valence-electron chi connectivity index (χ2n) is 4.92. The fourth-order valence-corrected chi connectivity index (χ4v) is 2.27. The van der Waals surface area contributed by atoms with Gasteiger partial charge in [-0.1, -0.05) is 23.7 Å². The highest BCUT2D eigenvalue weighted by atomic mass is 35.5. The van der Waals surface area contributed by atoms with E-state index in [2.05, 4.69) is 4.98 Å². The predicted octanol–water partition coefficient (Wildman–Crippen LogP) is 2.65. The highest BCUT2D eigenvalue weighted by Crippen LogP contribution is 2.21. The Morgan fingerprint density at radius 1 is 1.27 bits per heavy atom. The van der Waals surface area contributed by atoms with Crippen molar-refractivity contribution in [3.8, 4) is 5.75 Å². The fourth-order valence-electron chi connectivity index (χ4n) is 2.15. The van der Waals surface area contributed by atoms with Crippen LogP contribution < -0.4 is 16.1 Å². The molecule has 2 aromatic carbocycles. The maximum absolute atomic E-state index is 12.2. The standard InChI is InChI=1S/C16H14ClN3O2/c1-10-8-11(6-7-13(10)17)22-9-15-19-14-5-3-2-4-12(14)16(21)20(15)18/h2-8H,9,18H2,1H3. The van der Waals surface area contributed by atoms with E-state index in [1.807, 2.05) is 19.1 Å². The first-order chi connectivity index (χ1) is 10.6. The summed E-state index contributed by atoms with van der Waals surface area (Å²) < 4.78 is 6.67. The third-order valence-electron chi connectivity index (χ3n) is 3.38. The number of hydrogen-bond acceptors (Lipinski definition) is 4. The Morgan fingerprint density at radius 2 is 2.05 bits per heavy atom. The molecule has 22 heavy (non-hydrogen) atoms. The van der Waals surface area contributed by atoms with Crippen LogP contribution in [0.15, 0.2) is 47.3 Å². The zero-order chi connectivity index (χ0) is 15.7. The number of aryl methyl sites for hydroxylation is 1. The Labute approximate surface area is 131 Å². The molecule has 0 atom stereocenters. The van der Waals surface area contributed by atoms with Gasteiger partial charge >= 0.3 is 0 Å². The number of ether oxygens (including phenoxy) is 1. The third kappa shape index (κ3) is 2.63. The Hall–Kier alpha value is -2.53. The SMILES string of the molecule is Cc1cc(OCc2nc3ccccc3c(=O)n2N)ccc1Cl. The van der Waals surface area contributed by atoms with Gasteiger partial charge in [0.05, 0.1) is 10.9 Å². The van der Waals surface area contributed by atoms with E-state index in [0.29, 0.717) is 27.5 Å². The smallest absolute Gasteiger partial charge is 0.279 e. The molecule has 0 radical (unpaired) electrons. The Morgan fingerprint density at radius 3 is 2.82 bits per heavy atom. The summed E-state index contributed by atoms with van der Waals surface area (Å²) in [6.07, 6.45) is 0. The molecular formula is C16H14ClN3O2. The van der Waals surface area contributed by atoms with Crippen molar-refractivity contribution in [3.05, 3.63) is 69.2 Å². The minimum absolute atomic E-state index is 0.0949. The number of rotatable bonds is 3. The van der Waals surface area contributed by atoms with Crippen LogP contribution in [-0.4, -0.2) is 9.66 Å². The van der Waals surface area contributed by atoms with Crippen LogP contribution in [0.3, 0.4) is 0 Å². The van der Waals surface area contributed by atoms with Gasteiger partial charge in [-0.15, -0.1) is 0 Å². The van der Waals surface area contributed by atoms with E-state index >= 15 is 0 Å². The van der Waals surface area contributed by atoms with E-state index in [-0.39, 0.29) is 12.2 Å². The number of benzene rings is 2. The molecule has 0 unspecified atom stereocenters. The number of halogens is 1. The molecule has 0 spiro atoms. The molecule has 3 rings (SSSR count). The monoisotopic (exact) mass is 315 g/mol. The summed E-state index contributed by atoms with van der Waals surface area (Å²) in [6.45, 7) is 1.99. The van der Waals surface area contributed by atoms with Gasteiger partial charge in [0.1, 0.15) is 12.4 Å². The van der Waals surface area contributed by atoms with Gasteiger partial charge in [0.2, 0.25) is 0 Å². The number of nitrogen functional groups attached to an aromatic ring is 1. The van der Waals surface area contributed by atoms with Crippen molar-refractivity contribution < 1.29 is 4.74 Å². The van der Waals surface area contributed by atoms with Crippen molar-refractivity contribution in [1.29, 1.82) is 0 Å². The topological polar surface area (TPSA) is 70.1 Å². The van der Waals surface area contributed by atoms with Crippen molar-refractivity contribution in [2.45, 2.75) is 13.5 Å². The van der Waals surface area contributed by atoms with Gasteiger partial charge < -0.3 is 10.6 Å². The van der Waals surface area contributed by atoms with Gasteiger partial charge in [-0.05, 0) is 42.8 Å². The van der Waals surface area contributed by atoms with Crippen LogP contribution in [0.5, 0.6) is 5.75 Å².